The molecule has 0 radical (unpaired) electrons. The van der Waals surface area contributed by atoms with Crippen molar-refractivity contribution in [2.75, 3.05) is 0 Å². The van der Waals surface area contributed by atoms with Gasteiger partial charge in [-0.2, -0.15) is 0 Å². The Morgan fingerprint density at radius 1 is 1.17 bits per heavy atom. The highest BCUT2D eigenvalue weighted by Crippen LogP contribution is 2.44. The quantitative estimate of drug-likeness (QED) is 0.885. The molecular formula is C19H21NO3. The van der Waals surface area contributed by atoms with Crippen molar-refractivity contribution in [3.8, 4) is 0 Å². The predicted molar refractivity (Wildman–Crippen MR) is 89.0 cm³/mol. The maximum Gasteiger partial charge on any atom is 0.310 e. The van der Waals surface area contributed by atoms with Gasteiger partial charge in [0.05, 0.1) is 11.5 Å². The zero-order valence-corrected chi connectivity index (χ0v) is 13.2. The molecule has 0 aliphatic heterocycles. The monoisotopic (exact) mass is 311 g/mol. The number of benzene rings is 2. The Morgan fingerprint density at radius 3 is 2.48 bits per heavy atom. The summed E-state index contributed by atoms with van der Waals surface area (Å²) in [6, 6.07) is 14.0. The largest absolute Gasteiger partial charge is 0.481 e. The van der Waals surface area contributed by atoms with Crippen molar-refractivity contribution in [1.82, 2.24) is 5.32 Å². The van der Waals surface area contributed by atoms with Gasteiger partial charge in [-0.3, -0.25) is 9.59 Å². The van der Waals surface area contributed by atoms with E-state index in [1.54, 1.807) is 0 Å². The van der Waals surface area contributed by atoms with Crippen LogP contribution < -0.4 is 5.32 Å². The first-order chi connectivity index (χ1) is 11.0. The lowest BCUT2D eigenvalue weighted by Crippen LogP contribution is -2.43. The Kier molecular flexibility index (Phi) is 4.07. The molecule has 1 amide bonds. The normalized spacial score (nSPS) is 17.3. The standard InChI is InChI=1S/C19H21NO3/c1-13(15-8-7-14-5-2-3-6-16(14)11-15)20-17(21)12-19(18(22)23)9-4-10-19/h2-3,5-8,11,13H,4,9-10,12H2,1H3,(H,20,21)(H,22,23). The predicted octanol–water partition coefficient (Wildman–Crippen LogP) is 3.66. The minimum absolute atomic E-state index is 0.0697. The molecule has 2 aromatic carbocycles. The van der Waals surface area contributed by atoms with Crippen molar-refractivity contribution in [2.24, 2.45) is 5.41 Å². The molecule has 0 saturated heterocycles. The fourth-order valence-corrected chi connectivity index (χ4v) is 3.23. The van der Waals surface area contributed by atoms with Gasteiger partial charge in [0.1, 0.15) is 0 Å². The van der Waals surface area contributed by atoms with Gasteiger partial charge in [0.15, 0.2) is 0 Å². The zero-order valence-electron chi connectivity index (χ0n) is 13.2. The summed E-state index contributed by atoms with van der Waals surface area (Å²) in [5, 5.41) is 14.6. The lowest BCUT2D eigenvalue weighted by molar-refractivity contribution is -0.157. The number of rotatable bonds is 5. The van der Waals surface area contributed by atoms with E-state index in [0.29, 0.717) is 12.8 Å². The summed E-state index contributed by atoms with van der Waals surface area (Å²) in [5.41, 5.74) is 0.183. The smallest absolute Gasteiger partial charge is 0.310 e. The average molecular weight is 311 g/mol. The first kappa shape index (κ1) is 15.5. The van der Waals surface area contributed by atoms with Crippen molar-refractivity contribution in [3.63, 3.8) is 0 Å². The fraction of sp³-hybridized carbons (Fsp3) is 0.368. The Labute approximate surface area is 135 Å². The highest BCUT2D eigenvalue weighted by molar-refractivity contribution is 5.86. The van der Waals surface area contributed by atoms with Crippen LogP contribution >= 0.6 is 0 Å². The highest BCUT2D eigenvalue weighted by Gasteiger charge is 2.45. The van der Waals surface area contributed by atoms with Crippen LogP contribution in [-0.2, 0) is 9.59 Å². The topological polar surface area (TPSA) is 66.4 Å². The lowest BCUT2D eigenvalue weighted by atomic mass is 9.66. The number of carbonyl (C=O) groups is 2. The zero-order chi connectivity index (χ0) is 16.4. The molecule has 1 fully saturated rings. The van der Waals surface area contributed by atoms with Crippen LogP contribution in [0.1, 0.15) is 44.2 Å². The summed E-state index contributed by atoms with van der Waals surface area (Å²) in [4.78, 5) is 23.6. The van der Waals surface area contributed by atoms with E-state index >= 15 is 0 Å². The Balaban J connectivity index is 1.69. The van der Waals surface area contributed by atoms with E-state index in [-0.39, 0.29) is 18.4 Å². The van der Waals surface area contributed by atoms with E-state index in [1.165, 1.54) is 0 Å². The minimum Gasteiger partial charge on any atom is -0.481 e. The molecular weight excluding hydrogens is 290 g/mol. The number of hydrogen-bond acceptors (Lipinski definition) is 2. The summed E-state index contributed by atoms with van der Waals surface area (Å²) in [6.45, 7) is 1.93. The molecule has 0 heterocycles. The number of hydrogen-bond donors (Lipinski definition) is 2. The van der Waals surface area contributed by atoms with E-state index < -0.39 is 11.4 Å². The first-order valence-electron chi connectivity index (χ1n) is 8.02. The van der Waals surface area contributed by atoms with Gasteiger partial charge in [0, 0.05) is 6.42 Å². The fourth-order valence-electron chi connectivity index (χ4n) is 3.23. The molecule has 1 unspecified atom stereocenters. The Hall–Kier alpha value is -2.36. The van der Waals surface area contributed by atoms with Crippen LogP contribution in [0.15, 0.2) is 42.5 Å². The summed E-state index contributed by atoms with van der Waals surface area (Å²) in [6.07, 6.45) is 2.15. The highest BCUT2D eigenvalue weighted by atomic mass is 16.4. The molecule has 120 valence electrons. The van der Waals surface area contributed by atoms with Crippen LogP contribution in [-0.4, -0.2) is 17.0 Å². The van der Waals surface area contributed by atoms with Gasteiger partial charge < -0.3 is 10.4 Å². The third kappa shape index (κ3) is 3.07. The molecule has 0 bridgehead atoms. The average Bonchev–Trinajstić information content (AvgIpc) is 2.50. The van der Waals surface area contributed by atoms with Crippen LogP contribution in [0.25, 0.3) is 10.8 Å². The van der Waals surface area contributed by atoms with Crippen molar-refractivity contribution in [2.45, 2.75) is 38.6 Å². The SMILES string of the molecule is CC(NC(=O)CC1(C(=O)O)CCC1)c1ccc2ccccc2c1. The van der Waals surface area contributed by atoms with Crippen molar-refractivity contribution in [3.05, 3.63) is 48.0 Å². The van der Waals surface area contributed by atoms with Crippen LogP contribution in [0, 0.1) is 5.41 Å². The number of carboxylic acid groups (broad SMARTS) is 1. The Bertz CT molecular complexity index is 749. The van der Waals surface area contributed by atoms with Crippen LogP contribution in [0.3, 0.4) is 0 Å². The molecule has 0 spiro atoms. The third-order valence-corrected chi connectivity index (χ3v) is 4.91. The third-order valence-electron chi connectivity index (χ3n) is 4.91. The van der Waals surface area contributed by atoms with Gasteiger partial charge in [-0.1, -0.05) is 42.8 Å². The van der Waals surface area contributed by atoms with E-state index in [1.807, 2.05) is 37.3 Å². The second-order valence-electron chi connectivity index (χ2n) is 6.51. The number of carboxylic acids is 1. The lowest BCUT2D eigenvalue weighted by Gasteiger charge is -2.37. The summed E-state index contributed by atoms with van der Waals surface area (Å²) in [5.74, 6) is -1.04. The molecule has 2 aromatic rings. The molecule has 4 nitrogen and oxygen atoms in total. The van der Waals surface area contributed by atoms with E-state index in [4.69, 9.17) is 0 Å². The van der Waals surface area contributed by atoms with Gasteiger partial charge in [-0.15, -0.1) is 0 Å². The van der Waals surface area contributed by atoms with Gasteiger partial charge >= 0.3 is 5.97 Å². The number of carbonyl (C=O) groups excluding carboxylic acids is 1. The van der Waals surface area contributed by atoms with Crippen molar-refractivity contribution in [1.29, 1.82) is 0 Å². The van der Waals surface area contributed by atoms with Gasteiger partial charge in [-0.25, -0.2) is 0 Å². The molecule has 1 saturated carbocycles. The molecule has 4 heteroatoms. The van der Waals surface area contributed by atoms with E-state index in [9.17, 15) is 14.7 Å². The molecule has 1 aliphatic carbocycles. The minimum atomic E-state index is -0.850. The summed E-state index contributed by atoms with van der Waals surface area (Å²) < 4.78 is 0. The molecule has 1 atom stereocenters. The van der Waals surface area contributed by atoms with Crippen LogP contribution in [0.4, 0.5) is 0 Å². The van der Waals surface area contributed by atoms with Crippen LogP contribution in [0.5, 0.6) is 0 Å². The second kappa shape index (κ2) is 6.03. The molecule has 1 aliphatic rings. The van der Waals surface area contributed by atoms with E-state index in [2.05, 4.69) is 17.4 Å². The number of amides is 1. The molecule has 2 N–H and O–H groups in total. The van der Waals surface area contributed by atoms with Gasteiger partial charge in [0.2, 0.25) is 5.91 Å². The molecule has 3 rings (SSSR count). The maximum absolute atomic E-state index is 12.2. The van der Waals surface area contributed by atoms with Gasteiger partial charge in [0.25, 0.3) is 0 Å². The number of nitrogens with one attached hydrogen (secondary N) is 1. The summed E-state index contributed by atoms with van der Waals surface area (Å²) in [7, 11) is 0. The number of fused-ring (bicyclic) bond motifs is 1. The van der Waals surface area contributed by atoms with Crippen molar-refractivity contribution >= 4 is 22.6 Å². The Morgan fingerprint density at radius 2 is 1.87 bits per heavy atom. The first-order valence-corrected chi connectivity index (χ1v) is 8.02. The molecule has 23 heavy (non-hydrogen) atoms. The maximum atomic E-state index is 12.2. The van der Waals surface area contributed by atoms with Gasteiger partial charge in [-0.05, 0) is 42.2 Å². The van der Waals surface area contributed by atoms with Crippen LogP contribution in [0.2, 0.25) is 0 Å². The number of aliphatic carboxylic acids is 1. The molecule has 0 aromatic heterocycles. The van der Waals surface area contributed by atoms with E-state index in [0.717, 1.165) is 22.8 Å². The second-order valence-corrected chi connectivity index (χ2v) is 6.51. The van der Waals surface area contributed by atoms with Crippen molar-refractivity contribution < 1.29 is 14.7 Å². The summed E-state index contributed by atoms with van der Waals surface area (Å²) >= 11 is 0.